The van der Waals surface area contributed by atoms with Crippen molar-refractivity contribution in [2.45, 2.75) is 35.7 Å². The van der Waals surface area contributed by atoms with Gasteiger partial charge in [0.2, 0.25) is 0 Å². The third-order valence-electron chi connectivity index (χ3n) is 4.28. The number of hydrogen-bond acceptors (Lipinski definition) is 9. The number of nitrogens with two attached hydrogens (primary N) is 1. The zero-order valence-electron chi connectivity index (χ0n) is 13.6. The minimum atomic E-state index is -0.941. The molecule has 0 bridgehead atoms. The number of carboxylic acid groups (broad SMARTS) is 1. The van der Waals surface area contributed by atoms with E-state index in [2.05, 4.69) is 48.9 Å². The quantitative estimate of drug-likeness (QED) is 0.258. The molecule has 26 heavy (non-hydrogen) atoms. The number of hydrogen-bond donors (Lipinski definition) is 5. The number of nitrogens with zero attached hydrogens (tertiary/aromatic N) is 4. The van der Waals surface area contributed by atoms with Crippen molar-refractivity contribution in [1.82, 2.24) is 24.8 Å². The van der Waals surface area contributed by atoms with Gasteiger partial charge in [0.15, 0.2) is 0 Å². The second-order valence-electron chi connectivity index (χ2n) is 5.94. The Morgan fingerprint density at radius 1 is 1.50 bits per heavy atom. The predicted molar refractivity (Wildman–Crippen MR) is 98.4 cm³/mol. The Bertz CT molecular complexity index is 792. The Balaban J connectivity index is 1.75. The van der Waals surface area contributed by atoms with Crippen molar-refractivity contribution >= 4 is 51.6 Å². The van der Waals surface area contributed by atoms with Crippen molar-refractivity contribution in [3.05, 3.63) is 12.7 Å². The first-order chi connectivity index (χ1) is 12.4. The molecule has 0 amide bonds. The van der Waals surface area contributed by atoms with Gasteiger partial charge in [0.25, 0.3) is 0 Å². The van der Waals surface area contributed by atoms with E-state index in [-0.39, 0.29) is 17.2 Å². The molecule has 0 radical (unpaired) electrons. The molecular weight excluding hydrogens is 427 g/mol. The number of carbonyl (C=O) groups is 1. The summed E-state index contributed by atoms with van der Waals surface area (Å²) < 4.78 is 7.58. The zero-order chi connectivity index (χ0) is 18.8. The summed E-state index contributed by atoms with van der Waals surface area (Å²) in [4.78, 5) is 23.2. The monoisotopic (exact) mass is 448 g/mol. The summed E-state index contributed by atoms with van der Waals surface area (Å²) in [5, 5.41) is 22.8. The first kappa shape index (κ1) is 19.3. The van der Waals surface area contributed by atoms with Crippen LogP contribution in [0.5, 0.6) is 0 Å². The van der Waals surface area contributed by atoms with E-state index in [1.54, 1.807) is 4.57 Å². The van der Waals surface area contributed by atoms with Crippen LogP contribution in [0.25, 0.3) is 11.2 Å². The Morgan fingerprint density at radius 3 is 2.96 bits per heavy atom. The number of aliphatic hydroxyl groups is 1. The molecule has 1 aliphatic heterocycles. The summed E-state index contributed by atoms with van der Waals surface area (Å²) in [6.07, 6.45) is 1.28. The molecule has 1 aliphatic rings. The molecule has 12 heteroatoms. The molecule has 5 N–H and O–H groups in total. The molecule has 0 saturated carbocycles. The minimum absolute atomic E-state index is 0.249. The van der Waals surface area contributed by atoms with E-state index >= 15 is 0 Å². The normalized spacial score (nSPS) is 27.0. The van der Waals surface area contributed by atoms with Crippen LogP contribution in [0.1, 0.15) is 12.6 Å². The average molecular weight is 447 g/mol. The first-order valence-corrected chi connectivity index (χ1v) is 9.67. The summed E-state index contributed by atoms with van der Waals surface area (Å²) in [5.41, 5.74) is 6.69. The molecule has 142 valence electrons. The van der Waals surface area contributed by atoms with Gasteiger partial charge in [-0.05, 0) is 0 Å². The number of aromatic nitrogens is 4. The number of carboxylic acids is 1. The molecule has 0 aromatic carbocycles. The van der Waals surface area contributed by atoms with Gasteiger partial charge in [0.05, 0.1) is 0 Å². The van der Waals surface area contributed by atoms with Crippen molar-refractivity contribution in [2.75, 3.05) is 18.0 Å². The molecule has 0 unspecified atom stereocenters. The van der Waals surface area contributed by atoms with Gasteiger partial charge < -0.3 is 0 Å². The standard InChI is InChI=1S/C14H20N6O4SSe/c15-11-8-12(18-4-17-11)20(5-19-8)13-9(21)10(26)7(24-13)3-16-6(1-2-25)14(22)23/h4-7,9-10,13,16,21,25-26H,1-3H2,(H,22,23)(H2,15,17,18)/t6-,7+,9+,10+,13+/m0/s1. The fourth-order valence-corrected chi connectivity index (χ4v) is 3.82. The van der Waals surface area contributed by atoms with Gasteiger partial charge in [-0.3, -0.25) is 0 Å². The van der Waals surface area contributed by atoms with Gasteiger partial charge in [-0.15, -0.1) is 0 Å². The SMILES string of the molecule is Nc1ncnc2c1ncn2[C@@H]1O[C@H](CN[C@@H](CCS)C(=O)O)[C@@H]([SeH])[C@H]1O. The topological polar surface area (TPSA) is 148 Å². The summed E-state index contributed by atoms with van der Waals surface area (Å²) in [6, 6.07) is -0.714. The van der Waals surface area contributed by atoms with Crippen molar-refractivity contribution in [2.24, 2.45) is 0 Å². The molecule has 3 rings (SSSR count). The average Bonchev–Trinajstić information content (AvgIpc) is 3.15. The first-order valence-electron chi connectivity index (χ1n) is 7.95. The van der Waals surface area contributed by atoms with Crippen LogP contribution in [0.3, 0.4) is 0 Å². The number of aliphatic carboxylic acids is 1. The van der Waals surface area contributed by atoms with Crippen LogP contribution in [0, 0.1) is 0 Å². The molecule has 1 saturated heterocycles. The van der Waals surface area contributed by atoms with Crippen molar-refractivity contribution in [1.29, 1.82) is 0 Å². The number of thiol groups is 1. The van der Waals surface area contributed by atoms with Crippen LogP contribution in [-0.2, 0) is 9.53 Å². The van der Waals surface area contributed by atoms with E-state index in [1.165, 1.54) is 12.7 Å². The van der Waals surface area contributed by atoms with E-state index in [9.17, 15) is 15.0 Å². The van der Waals surface area contributed by atoms with E-state index in [4.69, 9.17) is 10.5 Å². The molecule has 3 heterocycles. The van der Waals surface area contributed by atoms with E-state index < -0.39 is 30.4 Å². The molecular formula is C14H20N6O4SSe. The third kappa shape index (κ3) is 3.66. The number of anilines is 1. The fraction of sp³-hybridized carbons (Fsp3) is 0.571. The van der Waals surface area contributed by atoms with Crippen molar-refractivity contribution < 1.29 is 19.7 Å². The number of fused-ring (bicyclic) bond motifs is 1. The van der Waals surface area contributed by atoms with Crippen LogP contribution in [0.15, 0.2) is 12.7 Å². The van der Waals surface area contributed by atoms with Crippen LogP contribution < -0.4 is 11.1 Å². The van der Waals surface area contributed by atoms with E-state index in [0.717, 1.165) is 0 Å². The Hall–Kier alpha value is -1.43. The van der Waals surface area contributed by atoms with Crippen molar-refractivity contribution in [3.8, 4) is 0 Å². The van der Waals surface area contributed by atoms with Gasteiger partial charge >= 0.3 is 163 Å². The second-order valence-corrected chi connectivity index (χ2v) is 7.64. The molecule has 2 aromatic rings. The van der Waals surface area contributed by atoms with Crippen LogP contribution in [-0.4, -0.2) is 82.3 Å². The maximum absolute atomic E-state index is 11.2. The fourth-order valence-electron chi connectivity index (χ4n) is 2.88. The Labute approximate surface area is 162 Å². The van der Waals surface area contributed by atoms with Gasteiger partial charge in [-0.1, -0.05) is 0 Å². The molecule has 5 atom stereocenters. The zero-order valence-corrected chi connectivity index (χ0v) is 16.4. The number of aliphatic hydroxyl groups excluding tert-OH is 1. The van der Waals surface area contributed by atoms with E-state index in [1.807, 2.05) is 0 Å². The van der Waals surface area contributed by atoms with Gasteiger partial charge in [0, 0.05) is 0 Å². The molecule has 10 nitrogen and oxygen atoms in total. The molecule has 0 aliphatic carbocycles. The van der Waals surface area contributed by atoms with Gasteiger partial charge in [-0.25, -0.2) is 0 Å². The number of rotatable bonds is 7. The summed E-state index contributed by atoms with van der Waals surface area (Å²) in [6.45, 7) is 0.279. The number of nitrogen functional groups attached to an aromatic ring is 1. The van der Waals surface area contributed by atoms with Crippen LogP contribution in [0.2, 0.25) is 4.82 Å². The Kier molecular flexibility index (Phi) is 6.00. The van der Waals surface area contributed by atoms with Gasteiger partial charge in [0.1, 0.15) is 0 Å². The van der Waals surface area contributed by atoms with Crippen LogP contribution in [0.4, 0.5) is 5.82 Å². The predicted octanol–water partition coefficient (Wildman–Crippen LogP) is -1.28. The summed E-state index contributed by atoms with van der Waals surface area (Å²) in [7, 11) is 0. The number of nitrogens with one attached hydrogen (secondary N) is 1. The molecule has 2 aromatic heterocycles. The summed E-state index contributed by atoms with van der Waals surface area (Å²) >= 11 is 6.46. The number of imidazole rings is 1. The third-order valence-corrected chi connectivity index (χ3v) is 5.88. The molecule has 1 fully saturated rings. The van der Waals surface area contributed by atoms with Crippen LogP contribution >= 0.6 is 12.6 Å². The van der Waals surface area contributed by atoms with Crippen molar-refractivity contribution in [3.63, 3.8) is 0 Å². The second kappa shape index (κ2) is 8.07. The molecule has 0 spiro atoms. The summed E-state index contributed by atoms with van der Waals surface area (Å²) in [5.74, 6) is -0.238. The van der Waals surface area contributed by atoms with E-state index in [0.29, 0.717) is 23.3 Å². The maximum atomic E-state index is 11.2. The Morgan fingerprint density at radius 2 is 2.27 bits per heavy atom. The van der Waals surface area contributed by atoms with Gasteiger partial charge in [-0.2, -0.15) is 0 Å². The number of ether oxygens (including phenoxy) is 1.